The van der Waals surface area contributed by atoms with Gasteiger partial charge in [-0.2, -0.15) is 0 Å². The lowest BCUT2D eigenvalue weighted by Crippen LogP contribution is -2.44. The summed E-state index contributed by atoms with van der Waals surface area (Å²) < 4.78 is 5.59. The molecule has 1 heterocycles. The number of imide groups is 1. The van der Waals surface area contributed by atoms with E-state index in [9.17, 15) is 19.2 Å². The van der Waals surface area contributed by atoms with Gasteiger partial charge in [0.2, 0.25) is 5.91 Å². The van der Waals surface area contributed by atoms with Crippen molar-refractivity contribution in [3.63, 3.8) is 0 Å². The summed E-state index contributed by atoms with van der Waals surface area (Å²) in [6, 6.07) is 13.3. The van der Waals surface area contributed by atoms with Crippen molar-refractivity contribution in [2.45, 2.75) is 64.7 Å². The number of hydrogen-bond donors (Lipinski definition) is 2. The number of carboxylic acids is 2. The van der Waals surface area contributed by atoms with Crippen LogP contribution in [-0.4, -0.2) is 52.0 Å². The van der Waals surface area contributed by atoms with E-state index in [1.165, 1.54) is 44.9 Å². The third-order valence-corrected chi connectivity index (χ3v) is 5.80. The van der Waals surface area contributed by atoms with Crippen LogP contribution in [0.1, 0.15) is 84.6 Å². The summed E-state index contributed by atoms with van der Waals surface area (Å²) in [6.07, 6.45) is 10.3. The van der Waals surface area contributed by atoms with E-state index in [1.54, 1.807) is 48.5 Å². The minimum atomic E-state index is -1.19. The van der Waals surface area contributed by atoms with Gasteiger partial charge in [-0.25, -0.2) is 4.79 Å². The largest absolute Gasteiger partial charge is 0.494 e. The number of unbranched alkanes of at least 4 members (excludes halogenated alkanes) is 7. The van der Waals surface area contributed by atoms with Crippen LogP contribution in [0.25, 0.3) is 0 Å². The molecule has 0 bridgehead atoms. The number of carbonyl (C=O) groups excluding carboxylic acids is 2. The highest BCUT2D eigenvalue weighted by atomic mass is 16.5. The minimum absolute atomic E-state index is 0.0786. The van der Waals surface area contributed by atoms with Gasteiger partial charge in [-0.1, -0.05) is 70.1 Å². The fourth-order valence-electron chi connectivity index (χ4n) is 3.82. The van der Waals surface area contributed by atoms with Gasteiger partial charge in [0.05, 0.1) is 18.6 Å². The Balaban J connectivity index is 0.000000259. The molecule has 2 aromatic rings. The molecule has 8 heteroatoms. The van der Waals surface area contributed by atoms with Crippen LogP contribution in [-0.2, 0) is 16.0 Å². The number of hydrogen-bond acceptors (Lipinski definition) is 5. The van der Waals surface area contributed by atoms with E-state index < -0.39 is 30.3 Å². The maximum absolute atomic E-state index is 11.8. The quantitative estimate of drug-likeness (QED) is 0.288. The van der Waals surface area contributed by atoms with Crippen molar-refractivity contribution < 1.29 is 34.1 Å². The van der Waals surface area contributed by atoms with Gasteiger partial charge in [0.1, 0.15) is 12.3 Å². The highest BCUT2D eigenvalue weighted by Gasteiger charge is 2.31. The van der Waals surface area contributed by atoms with Crippen molar-refractivity contribution in [1.82, 2.24) is 4.90 Å². The van der Waals surface area contributed by atoms with Crippen LogP contribution in [0.15, 0.2) is 48.5 Å². The molecular weight excluding hydrogens is 462 g/mol. The van der Waals surface area contributed by atoms with Crippen molar-refractivity contribution >= 4 is 23.8 Å². The number of carbonyl (C=O) groups is 4. The van der Waals surface area contributed by atoms with Crippen LogP contribution in [0.5, 0.6) is 5.75 Å². The van der Waals surface area contributed by atoms with E-state index in [0.717, 1.165) is 17.1 Å². The van der Waals surface area contributed by atoms with Gasteiger partial charge in [-0.05, 0) is 42.3 Å². The Labute approximate surface area is 211 Å². The SMILES string of the molecule is CCCCCCCCCCOc1ccc(C(=O)O)cc1.O=C(O)CN1C(=O)Cc2ccccc2C1=O. The molecule has 2 amide bonds. The lowest BCUT2D eigenvalue weighted by molar-refractivity contribution is -0.142. The van der Waals surface area contributed by atoms with Crippen molar-refractivity contribution in [1.29, 1.82) is 0 Å². The summed E-state index contributed by atoms with van der Waals surface area (Å²) in [5.41, 5.74) is 1.35. The first-order valence-corrected chi connectivity index (χ1v) is 12.4. The van der Waals surface area contributed by atoms with Crippen molar-refractivity contribution in [2.24, 2.45) is 0 Å². The molecule has 0 atom stereocenters. The van der Waals surface area contributed by atoms with E-state index >= 15 is 0 Å². The van der Waals surface area contributed by atoms with Gasteiger partial charge in [-0.15, -0.1) is 0 Å². The normalized spacial score (nSPS) is 12.4. The predicted octanol–water partition coefficient (Wildman–Crippen LogP) is 5.20. The molecule has 3 rings (SSSR count). The van der Waals surface area contributed by atoms with Crippen LogP contribution < -0.4 is 4.74 Å². The molecule has 1 aliphatic heterocycles. The van der Waals surface area contributed by atoms with E-state index in [4.69, 9.17) is 14.9 Å². The molecule has 0 saturated heterocycles. The summed E-state index contributed by atoms with van der Waals surface area (Å²) in [6.45, 7) is 2.37. The molecule has 0 spiro atoms. The molecule has 36 heavy (non-hydrogen) atoms. The molecule has 0 radical (unpaired) electrons. The fourth-order valence-corrected chi connectivity index (χ4v) is 3.82. The van der Waals surface area contributed by atoms with Crippen LogP contribution in [0.2, 0.25) is 0 Å². The summed E-state index contributed by atoms with van der Waals surface area (Å²) in [5, 5.41) is 17.4. The number of fused-ring (bicyclic) bond motifs is 1. The Kier molecular flexibility index (Phi) is 12.2. The zero-order chi connectivity index (χ0) is 26.3. The number of ether oxygens (including phenoxy) is 1. The molecule has 0 fully saturated rings. The van der Waals surface area contributed by atoms with E-state index in [2.05, 4.69) is 6.92 Å². The number of rotatable bonds is 13. The standard InChI is InChI=1S/C17H26O3.C11H9NO4/c1-2-3-4-5-6-7-8-9-14-20-16-12-10-15(11-13-16)17(18)19;13-9-5-7-3-1-2-4-8(7)11(16)12(9)6-10(14)15/h10-13H,2-9,14H2,1H3,(H,18,19);1-4H,5-6H2,(H,14,15). The van der Waals surface area contributed by atoms with Gasteiger partial charge < -0.3 is 14.9 Å². The van der Waals surface area contributed by atoms with Gasteiger partial charge in [0.25, 0.3) is 5.91 Å². The van der Waals surface area contributed by atoms with Crippen LogP contribution in [0.4, 0.5) is 0 Å². The number of aliphatic carboxylic acids is 1. The average molecular weight is 498 g/mol. The number of amides is 2. The smallest absolute Gasteiger partial charge is 0.335 e. The second kappa shape index (κ2) is 15.3. The molecule has 0 unspecified atom stereocenters. The minimum Gasteiger partial charge on any atom is -0.494 e. The first kappa shape index (κ1) is 28.6. The Morgan fingerprint density at radius 1 is 0.861 bits per heavy atom. The van der Waals surface area contributed by atoms with E-state index in [1.807, 2.05) is 0 Å². The van der Waals surface area contributed by atoms with Crippen molar-refractivity contribution in [2.75, 3.05) is 13.2 Å². The Bertz CT molecular complexity index is 1020. The van der Waals surface area contributed by atoms with E-state index in [0.29, 0.717) is 23.3 Å². The number of benzene rings is 2. The molecule has 194 valence electrons. The summed E-state index contributed by atoms with van der Waals surface area (Å²) in [4.78, 5) is 45.3. The first-order valence-electron chi connectivity index (χ1n) is 12.4. The van der Waals surface area contributed by atoms with Crippen LogP contribution in [0.3, 0.4) is 0 Å². The maximum Gasteiger partial charge on any atom is 0.335 e. The second-order valence-corrected chi connectivity index (χ2v) is 8.67. The molecule has 0 aliphatic carbocycles. The Morgan fingerprint density at radius 2 is 1.47 bits per heavy atom. The first-order chi connectivity index (χ1) is 17.3. The number of carboxylic acid groups (broad SMARTS) is 2. The predicted molar refractivity (Wildman–Crippen MR) is 135 cm³/mol. The summed E-state index contributed by atoms with van der Waals surface area (Å²) >= 11 is 0. The van der Waals surface area contributed by atoms with Crippen molar-refractivity contribution in [3.8, 4) is 5.75 Å². The third kappa shape index (κ3) is 9.52. The molecule has 0 saturated carbocycles. The van der Waals surface area contributed by atoms with Gasteiger partial charge >= 0.3 is 11.9 Å². The lowest BCUT2D eigenvalue weighted by atomic mass is 9.99. The molecular formula is C28H35NO7. The average Bonchev–Trinajstić information content (AvgIpc) is 2.86. The highest BCUT2D eigenvalue weighted by molar-refractivity contribution is 6.11. The van der Waals surface area contributed by atoms with E-state index in [-0.39, 0.29) is 6.42 Å². The number of nitrogens with zero attached hydrogens (tertiary/aromatic N) is 1. The summed E-state index contributed by atoms with van der Waals surface area (Å²) in [7, 11) is 0. The second-order valence-electron chi connectivity index (χ2n) is 8.67. The summed E-state index contributed by atoms with van der Waals surface area (Å²) in [5.74, 6) is -2.35. The van der Waals surface area contributed by atoms with Crippen molar-refractivity contribution in [3.05, 3.63) is 65.2 Å². The molecule has 1 aliphatic rings. The van der Waals surface area contributed by atoms with Gasteiger partial charge in [-0.3, -0.25) is 19.3 Å². The van der Waals surface area contributed by atoms with Crippen LogP contribution >= 0.6 is 0 Å². The zero-order valence-electron chi connectivity index (χ0n) is 20.8. The third-order valence-electron chi connectivity index (χ3n) is 5.80. The number of aromatic carboxylic acids is 1. The zero-order valence-corrected chi connectivity index (χ0v) is 20.8. The van der Waals surface area contributed by atoms with Crippen LogP contribution in [0, 0.1) is 0 Å². The molecule has 2 aromatic carbocycles. The lowest BCUT2D eigenvalue weighted by Gasteiger charge is -2.25. The Morgan fingerprint density at radius 3 is 2.08 bits per heavy atom. The Hall–Kier alpha value is -3.68. The maximum atomic E-state index is 11.8. The topological polar surface area (TPSA) is 121 Å². The highest BCUT2D eigenvalue weighted by Crippen LogP contribution is 2.19. The van der Waals surface area contributed by atoms with Gasteiger partial charge in [0, 0.05) is 5.56 Å². The molecule has 8 nitrogen and oxygen atoms in total. The monoisotopic (exact) mass is 497 g/mol. The molecule has 2 N–H and O–H groups in total. The molecule has 0 aromatic heterocycles. The van der Waals surface area contributed by atoms with Gasteiger partial charge in [0.15, 0.2) is 0 Å². The fraction of sp³-hybridized carbons (Fsp3) is 0.429.